The summed E-state index contributed by atoms with van der Waals surface area (Å²) in [6.07, 6.45) is 0.957. The van der Waals surface area contributed by atoms with E-state index in [-0.39, 0.29) is 11.9 Å². The standard InChI is InChI=1S/C20H19ClN6OS/c1-27-16-5-2-11(18(28)23-13-6-7-22-10-13)8-15(16)24-19(27)26-20-25-14-4-3-12(21)9-17(14)29-20/h2-5,8-9,13,22H,6-7,10H2,1H3,(H,23,28)(H,24,25,26)/t13-/m1/s1. The van der Waals surface area contributed by atoms with Crippen molar-refractivity contribution in [3.05, 3.63) is 47.0 Å². The van der Waals surface area contributed by atoms with Gasteiger partial charge in [-0.1, -0.05) is 22.9 Å². The third-order valence-corrected chi connectivity index (χ3v) is 6.28. The molecule has 2 aromatic heterocycles. The zero-order valence-corrected chi connectivity index (χ0v) is 17.3. The van der Waals surface area contributed by atoms with Gasteiger partial charge < -0.3 is 20.5 Å². The predicted octanol–water partition coefficient (Wildman–Crippen LogP) is 3.67. The van der Waals surface area contributed by atoms with Crippen molar-refractivity contribution in [2.24, 2.45) is 7.05 Å². The average molecular weight is 427 g/mol. The third-order valence-electron chi connectivity index (χ3n) is 5.11. The van der Waals surface area contributed by atoms with Crippen molar-refractivity contribution in [3.63, 3.8) is 0 Å². The second-order valence-corrected chi connectivity index (χ2v) is 8.58. The van der Waals surface area contributed by atoms with Gasteiger partial charge in [0.15, 0.2) is 5.13 Å². The molecule has 0 unspecified atom stereocenters. The van der Waals surface area contributed by atoms with E-state index in [1.54, 1.807) is 0 Å². The number of benzene rings is 2. The Bertz CT molecular complexity index is 1230. The Kier molecular flexibility index (Phi) is 4.61. The molecule has 7 nitrogen and oxygen atoms in total. The summed E-state index contributed by atoms with van der Waals surface area (Å²) in [5, 5.41) is 11.0. The van der Waals surface area contributed by atoms with Gasteiger partial charge in [-0.15, -0.1) is 0 Å². The zero-order valence-electron chi connectivity index (χ0n) is 15.7. The summed E-state index contributed by atoms with van der Waals surface area (Å²) in [7, 11) is 1.94. The van der Waals surface area contributed by atoms with Gasteiger partial charge in [0.25, 0.3) is 5.91 Å². The molecule has 9 heteroatoms. The number of anilines is 2. The number of hydrogen-bond acceptors (Lipinski definition) is 6. The molecule has 0 aliphatic carbocycles. The molecule has 1 atom stereocenters. The summed E-state index contributed by atoms with van der Waals surface area (Å²) in [6, 6.07) is 11.4. The van der Waals surface area contributed by atoms with Crippen LogP contribution in [0.25, 0.3) is 21.3 Å². The summed E-state index contributed by atoms with van der Waals surface area (Å²) in [5.74, 6) is 0.603. The molecule has 3 heterocycles. The number of aromatic nitrogens is 3. The zero-order chi connectivity index (χ0) is 20.0. The fourth-order valence-corrected chi connectivity index (χ4v) is 4.68. The lowest BCUT2D eigenvalue weighted by Crippen LogP contribution is -2.36. The molecule has 29 heavy (non-hydrogen) atoms. The van der Waals surface area contributed by atoms with Crippen LogP contribution in [0.4, 0.5) is 11.1 Å². The third kappa shape index (κ3) is 3.55. The van der Waals surface area contributed by atoms with Gasteiger partial charge in [-0.05, 0) is 49.4 Å². The van der Waals surface area contributed by atoms with E-state index in [1.807, 2.05) is 48.0 Å². The maximum atomic E-state index is 12.5. The van der Waals surface area contributed by atoms with E-state index in [4.69, 9.17) is 11.6 Å². The Morgan fingerprint density at radius 3 is 2.97 bits per heavy atom. The molecule has 1 fully saturated rings. The van der Waals surface area contributed by atoms with Crippen molar-refractivity contribution < 1.29 is 4.79 Å². The second-order valence-electron chi connectivity index (χ2n) is 7.12. The van der Waals surface area contributed by atoms with Crippen molar-refractivity contribution in [1.29, 1.82) is 0 Å². The Balaban J connectivity index is 1.41. The highest BCUT2D eigenvalue weighted by Gasteiger charge is 2.18. The number of fused-ring (bicyclic) bond motifs is 2. The molecule has 1 aliphatic rings. The number of thiazole rings is 1. The van der Waals surface area contributed by atoms with E-state index in [0.717, 1.165) is 45.9 Å². The predicted molar refractivity (Wildman–Crippen MR) is 117 cm³/mol. The summed E-state index contributed by atoms with van der Waals surface area (Å²) < 4.78 is 2.97. The molecule has 3 N–H and O–H groups in total. The quantitative estimate of drug-likeness (QED) is 0.463. The number of imidazole rings is 1. The van der Waals surface area contributed by atoms with Gasteiger partial charge in [0, 0.05) is 30.2 Å². The van der Waals surface area contributed by atoms with Gasteiger partial charge in [0.05, 0.1) is 21.3 Å². The molecule has 4 aromatic rings. The normalized spacial score (nSPS) is 16.6. The van der Waals surface area contributed by atoms with Crippen LogP contribution in [0, 0.1) is 0 Å². The summed E-state index contributed by atoms with van der Waals surface area (Å²) in [5.41, 5.74) is 3.21. The van der Waals surface area contributed by atoms with Crippen molar-refractivity contribution >= 4 is 61.2 Å². The van der Waals surface area contributed by atoms with Crippen LogP contribution in [0.2, 0.25) is 5.02 Å². The molecule has 1 saturated heterocycles. The van der Waals surface area contributed by atoms with Crippen molar-refractivity contribution in [2.75, 3.05) is 18.4 Å². The molecule has 0 radical (unpaired) electrons. The van der Waals surface area contributed by atoms with Gasteiger partial charge in [-0.25, -0.2) is 9.97 Å². The number of carbonyl (C=O) groups excluding carboxylic acids is 1. The highest BCUT2D eigenvalue weighted by atomic mass is 35.5. The van der Waals surface area contributed by atoms with Crippen molar-refractivity contribution in [3.8, 4) is 0 Å². The highest BCUT2D eigenvalue weighted by molar-refractivity contribution is 7.22. The molecular weight excluding hydrogens is 408 g/mol. The molecule has 5 rings (SSSR count). The molecule has 0 bridgehead atoms. The van der Waals surface area contributed by atoms with Gasteiger partial charge in [-0.2, -0.15) is 0 Å². The molecule has 0 spiro atoms. The van der Waals surface area contributed by atoms with Crippen LogP contribution in [0.1, 0.15) is 16.8 Å². The number of nitrogens with one attached hydrogen (secondary N) is 3. The lowest BCUT2D eigenvalue weighted by Gasteiger charge is -2.11. The fraction of sp³-hybridized carbons (Fsp3) is 0.250. The van der Waals surface area contributed by atoms with Gasteiger partial charge >= 0.3 is 0 Å². The largest absolute Gasteiger partial charge is 0.348 e. The number of halogens is 1. The first-order valence-corrected chi connectivity index (χ1v) is 10.6. The van der Waals surface area contributed by atoms with E-state index in [2.05, 4.69) is 25.9 Å². The Morgan fingerprint density at radius 2 is 2.14 bits per heavy atom. The fourth-order valence-electron chi connectivity index (χ4n) is 3.55. The molecule has 0 saturated carbocycles. The number of rotatable bonds is 4. The SMILES string of the molecule is Cn1c(Nc2nc3ccc(Cl)cc3s2)nc2cc(C(=O)N[C@@H]3CCNC3)ccc21. The van der Waals surface area contributed by atoms with Crippen LogP contribution in [0.5, 0.6) is 0 Å². The van der Waals surface area contributed by atoms with Gasteiger partial charge in [-0.3, -0.25) is 4.79 Å². The van der Waals surface area contributed by atoms with Crippen LogP contribution < -0.4 is 16.0 Å². The van der Waals surface area contributed by atoms with E-state index in [1.165, 1.54) is 11.3 Å². The summed E-state index contributed by atoms with van der Waals surface area (Å²) in [6.45, 7) is 1.76. The number of aryl methyl sites for hydroxylation is 1. The minimum atomic E-state index is -0.0659. The van der Waals surface area contributed by atoms with Crippen molar-refractivity contribution in [1.82, 2.24) is 25.2 Å². The van der Waals surface area contributed by atoms with Crippen LogP contribution in [0.3, 0.4) is 0 Å². The van der Waals surface area contributed by atoms with Crippen LogP contribution in [-0.2, 0) is 7.05 Å². The van der Waals surface area contributed by atoms with Crippen molar-refractivity contribution in [2.45, 2.75) is 12.5 Å². The minimum Gasteiger partial charge on any atom is -0.348 e. The Morgan fingerprint density at radius 1 is 1.24 bits per heavy atom. The molecule has 1 amide bonds. The topological polar surface area (TPSA) is 83.9 Å². The smallest absolute Gasteiger partial charge is 0.251 e. The first-order chi connectivity index (χ1) is 14.1. The molecule has 1 aliphatic heterocycles. The molecule has 148 valence electrons. The van der Waals surface area contributed by atoms with E-state index in [0.29, 0.717) is 16.5 Å². The highest BCUT2D eigenvalue weighted by Crippen LogP contribution is 2.31. The summed E-state index contributed by atoms with van der Waals surface area (Å²) in [4.78, 5) is 21.8. The first-order valence-electron chi connectivity index (χ1n) is 9.38. The van der Waals surface area contributed by atoms with E-state index >= 15 is 0 Å². The maximum absolute atomic E-state index is 12.5. The Hall–Kier alpha value is -2.68. The average Bonchev–Trinajstić information content (AvgIpc) is 3.41. The van der Waals surface area contributed by atoms with Crippen LogP contribution in [0.15, 0.2) is 36.4 Å². The number of hydrogen-bond donors (Lipinski definition) is 3. The first kappa shape index (κ1) is 18.4. The molecule has 2 aromatic carbocycles. The maximum Gasteiger partial charge on any atom is 0.251 e. The molecular formula is C20H19ClN6OS. The lowest BCUT2D eigenvalue weighted by molar-refractivity contribution is 0.0940. The van der Waals surface area contributed by atoms with Crippen LogP contribution in [-0.4, -0.2) is 39.6 Å². The number of amides is 1. The minimum absolute atomic E-state index is 0.0659. The van der Waals surface area contributed by atoms with Crippen LogP contribution >= 0.6 is 22.9 Å². The Labute approximate surface area is 176 Å². The van der Waals surface area contributed by atoms with E-state index in [9.17, 15) is 4.79 Å². The van der Waals surface area contributed by atoms with E-state index < -0.39 is 0 Å². The number of nitrogens with zero attached hydrogens (tertiary/aromatic N) is 3. The summed E-state index contributed by atoms with van der Waals surface area (Å²) >= 11 is 7.59. The van der Waals surface area contributed by atoms with Gasteiger partial charge in [0.1, 0.15) is 0 Å². The number of carbonyl (C=O) groups is 1. The monoisotopic (exact) mass is 426 g/mol. The van der Waals surface area contributed by atoms with Gasteiger partial charge in [0.2, 0.25) is 5.95 Å². The second kappa shape index (κ2) is 7.29. The lowest BCUT2D eigenvalue weighted by atomic mass is 10.1.